The molecule has 2 nitrogen and oxygen atoms in total. The van der Waals surface area contributed by atoms with Gasteiger partial charge in [0.25, 0.3) is 0 Å². The molecule has 3 heteroatoms. The van der Waals surface area contributed by atoms with Gasteiger partial charge in [0.2, 0.25) is 0 Å². The molecule has 0 spiro atoms. The number of hydrogen-bond donors (Lipinski definition) is 1. The largest absolute Gasteiger partial charge is 0.358 e. The Morgan fingerprint density at radius 2 is 2.07 bits per heavy atom. The summed E-state index contributed by atoms with van der Waals surface area (Å²) in [5.74, 6) is -0.281. The summed E-state index contributed by atoms with van der Waals surface area (Å²) in [6.45, 7) is 0. The van der Waals surface area contributed by atoms with E-state index in [1.807, 2.05) is 0 Å². The van der Waals surface area contributed by atoms with Crippen molar-refractivity contribution in [1.82, 2.24) is 4.98 Å². The highest BCUT2D eigenvalue weighted by Gasteiger charge is 2.01. The molecule has 0 saturated heterocycles. The third kappa shape index (κ3) is 1.57. The number of H-pyrrole nitrogens is 1. The molecule has 1 heterocycles. The van der Waals surface area contributed by atoms with Gasteiger partial charge in [0.05, 0.1) is 5.69 Å². The lowest BCUT2D eigenvalue weighted by Gasteiger charge is -1.95. The number of nitrogens with one attached hydrogen (secondary N) is 1. The number of aldehydes is 1. The van der Waals surface area contributed by atoms with E-state index >= 15 is 0 Å². The van der Waals surface area contributed by atoms with Crippen LogP contribution in [0.5, 0.6) is 0 Å². The van der Waals surface area contributed by atoms with Gasteiger partial charge in [0.15, 0.2) is 6.29 Å². The van der Waals surface area contributed by atoms with Crippen LogP contribution < -0.4 is 0 Å². The minimum atomic E-state index is -0.281. The van der Waals surface area contributed by atoms with Gasteiger partial charge in [-0.05, 0) is 29.3 Å². The van der Waals surface area contributed by atoms with Gasteiger partial charge in [0.1, 0.15) is 5.82 Å². The van der Waals surface area contributed by atoms with Gasteiger partial charge in [-0.3, -0.25) is 4.79 Å². The number of carbonyl (C=O) groups is 1. The lowest BCUT2D eigenvalue weighted by molar-refractivity contribution is 0.111. The molecule has 2 aromatic rings. The summed E-state index contributed by atoms with van der Waals surface area (Å²) in [6.07, 6.45) is 2.40. The van der Waals surface area contributed by atoms with Crippen molar-refractivity contribution in [2.45, 2.75) is 0 Å². The monoisotopic (exact) mass is 189 g/mol. The van der Waals surface area contributed by atoms with Gasteiger partial charge in [-0.2, -0.15) is 0 Å². The molecule has 0 fully saturated rings. The predicted octanol–water partition coefficient (Wildman–Crippen LogP) is 2.63. The van der Waals surface area contributed by atoms with Gasteiger partial charge in [-0.25, -0.2) is 4.39 Å². The van der Waals surface area contributed by atoms with Crippen LogP contribution in [0.15, 0.2) is 36.5 Å². The highest BCUT2D eigenvalue weighted by molar-refractivity contribution is 5.77. The Kier molecular flexibility index (Phi) is 2.14. The van der Waals surface area contributed by atoms with Crippen molar-refractivity contribution in [2.24, 2.45) is 0 Å². The minimum absolute atomic E-state index is 0.281. The number of benzene rings is 1. The van der Waals surface area contributed by atoms with E-state index in [1.54, 1.807) is 24.4 Å². The fourth-order valence-corrected chi connectivity index (χ4v) is 1.31. The fourth-order valence-electron chi connectivity index (χ4n) is 1.31. The van der Waals surface area contributed by atoms with Crippen molar-refractivity contribution in [3.63, 3.8) is 0 Å². The highest BCUT2D eigenvalue weighted by Crippen LogP contribution is 2.20. The molecular weight excluding hydrogens is 181 g/mol. The average molecular weight is 189 g/mol. The van der Waals surface area contributed by atoms with Crippen LogP contribution in [0.1, 0.15) is 10.5 Å². The van der Waals surface area contributed by atoms with E-state index in [9.17, 15) is 9.18 Å². The molecule has 1 aromatic heterocycles. The molecule has 1 N–H and O–H groups in total. The van der Waals surface area contributed by atoms with Crippen LogP contribution in [0, 0.1) is 5.82 Å². The Morgan fingerprint density at radius 1 is 1.21 bits per heavy atom. The van der Waals surface area contributed by atoms with Crippen LogP contribution in [-0.2, 0) is 0 Å². The summed E-state index contributed by atoms with van der Waals surface area (Å²) < 4.78 is 12.9. The van der Waals surface area contributed by atoms with Crippen molar-refractivity contribution >= 4 is 6.29 Å². The van der Waals surface area contributed by atoms with Crippen LogP contribution in [0.2, 0.25) is 0 Å². The molecule has 0 aliphatic carbocycles. The van der Waals surface area contributed by atoms with E-state index in [2.05, 4.69) is 4.98 Å². The third-order valence-electron chi connectivity index (χ3n) is 1.99. The van der Waals surface area contributed by atoms with Crippen LogP contribution >= 0.6 is 0 Å². The number of hydrogen-bond acceptors (Lipinski definition) is 1. The number of carbonyl (C=O) groups excluding carboxylic acids is 1. The van der Waals surface area contributed by atoms with Gasteiger partial charge in [-0.1, -0.05) is 12.1 Å². The molecule has 2 rings (SSSR count). The summed E-state index contributed by atoms with van der Waals surface area (Å²) in [5.41, 5.74) is 2.06. The van der Waals surface area contributed by atoms with Crippen LogP contribution in [0.3, 0.4) is 0 Å². The third-order valence-corrected chi connectivity index (χ3v) is 1.99. The maximum absolute atomic E-state index is 12.9. The zero-order valence-electron chi connectivity index (χ0n) is 7.33. The topological polar surface area (TPSA) is 32.9 Å². The van der Waals surface area contributed by atoms with E-state index in [1.165, 1.54) is 12.1 Å². The SMILES string of the molecule is O=Cc1cc(-c2cccc(F)c2)c[nH]1. The quantitative estimate of drug-likeness (QED) is 0.724. The summed E-state index contributed by atoms with van der Waals surface area (Å²) in [6, 6.07) is 7.93. The van der Waals surface area contributed by atoms with Crippen molar-refractivity contribution < 1.29 is 9.18 Å². The Morgan fingerprint density at radius 3 is 2.71 bits per heavy atom. The predicted molar refractivity (Wildman–Crippen MR) is 51.6 cm³/mol. The first kappa shape index (κ1) is 8.69. The summed E-state index contributed by atoms with van der Waals surface area (Å²) >= 11 is 0. The molecule has 1 aromatic carbocycles. The smallest absolute Gasteiger partial charge is 0.166 e. The maximum atomic E-state index is 12.9. The van der Waals surface area contributed by atoms with E-state index < -0.39 is 0 Å². The van der Waals surface area contributed by atoms with Gasteiger partial charge in [0, 0.05) is 6.20 Å². The molecule has 0 amide bonds. The highest BCUT2D eigenvalue weighted by atomic mass is 19.1. The molecule has 0 atom stereocenters. The lowest BCUT2D eigenvalue weighted by Crippen LogP contribution is -1.76. The molecule has 70 valence electrons. The second-order valence-corrected chi connectivity index (χ2v) is 2.97. The first-order chi connectivity index (χ1) is 6.79. The Labute approximate surface area is 80.4 Å². The van der Waals surface area contributed by atoms with Crippen LogP contribution in [-0.4, -0.2) is 11.3 Å². The van der Waals surface area contributed by atoms with Crippen molar-refractivity contribution in [3.8, 4) is 11.1 Å². The molecule has 0 bridgehead atoms. The lowest BCUT2D eigenvalue weighted by atomic mass is 10.1. The molecule has 0 aliphatic rings. The maximum Gasteiger partial charge on any atom is 0.166 e. The second-order valence-electron chi connectivity index (χ2n) is 2.97. The zero-order chi connectivity index (χ0) is 9.97. The van der Waals surface area contributed by atoms with Gasteiger partial charge >= 0.3 is 0 Å². The minimum Gasteiger partial charge on any atom is -0.358 e. The summed E-state index contributed by atoms with van der Waals surface area (Å²) in [7, 11) is 0. The van der Waals surface area contributed by atoms with E-state index in [4.69, 9.17) is 0 Å². The van der Waals surface area contributed by atoms with E-state index in [0.29, 0.717) is 5.69 Å². The number of aromatic amines is 1. The van der Waals surface area contributed by atoms with Crippen LogP contribution in [0.4, 0.5) is 4.39 Å². The normalized spacial score (nSPS) is 10.1. The molecular formula is C11H8FNO. The number of rotatable bonds is 2. The molecule has 0 saturated carbocycles. The Bertz CT molecular complexity index is 462. The number of aromatic nitrogens is 1. The zero-order valence-corrected chi connectivity index (χ0v) is 7.33. The Hall–Kier alpha value is -1.90. The first-order valence-electron chi connectivity index (χ1n) is 4.19. The molecule has 14 heavy (non-hydrogen) atoms. The first-order valence-corrected chi connectivity index (χ1v) is 4.19. The van der Waals surface area contributed by atoms with Crippen LogP contribution in [0.25, 0.3) is 11.1 Å². The van der Waals surface area contributed by atoms with Crippen molar-refractivity contribution in [3.05, 3.63) is 48.0 Å². The Balaban J connectivity index is 2.43. The molecule has 0 aliphatic heterocycles. The van der Waals surface area contributed by atoms with Crippen molar-refractivity contribution in [1.29, 1.82) is 0 Å². The molecule has 0 radical (unpaired) electrons. The number of halogens is 1. The van der Waals surface area contributed by atoms with E-state index in [-0.39, 0.29) is 5.82 Å². The van der Waals surface area contributed by atoms with Gasteiger partial charge in [-0.15, -0.1) is 0 Å². The summed E-state index contributed by atoms with van der Waals surface area (Å²) in [5, 5.41) is 0. The summed E-state index contributed by atoms with van der Waals surface area (Å²) in [4.78, 5) is 13.2. The standard InChI is InChI=1S/C11H8FNO/c12-10-3-1-2-8(4-10)9-5-11(7-14)13-6-9/h1-7,13H. The second kappa shape index (κ2) is 3.46. The average Bonchev–Trinajstić information content (AvgIpc) is 2.66. The van der Waals surface area contributed by atoms with E-state index in [0.717, 1.165) is 17.4 Å². The molecule has 0 unspecified atom stereocenters. The fraction of sp³-hybridized carbons (Fsp3) is 0. The van der Waals surface area contributed by atoms with Gasteiger partial charge < -0.3 is 4.98 Å². The van der Waals surface area contributed by atoms with Crippen molar-refractivity contribution in [2.75, 3.05) is 0 Å².